The van der Waals surface area contributed by atoms with E-state index in [0.29, 0.717) is 41.8 Å². The molecule has 2 N–H and O–H groups in total. The van der Waals surface area contributed by atoms with Crippen molar-refractivity contribution in [3.63, 3.8) is 0 Å². The fourth-order valence-corrected chi connectivity index (χ4v) is 5.46. The predicted molar refractivity (Wildman–Crippen MR) is 141 cm³/mol. The molecule has 2 aliphatic heterocycles. The molecule has 0 saturated carbocycles. The van der Waals surface area contributed by atoms with Gasteiger partial charge >= 0.3 is 6.03 Å². The molecular formula is C27H26Cl2N4O3. The summed E-state index contributed by atoms with van der Waals surface area (Å²) in [5, 5.41) is 6.52. The number of rotatable bonds is 5. The molecule has 186 valence electrons. The zero-order valence-electron chi connectivity index (χ0n) is 19.5. The van der Waals surface area contributed by atoms with E-state index in [0.717, 1.165) is 17.7 Å². The number of nitrogens with zero attached hydrogens (tertiary/aromatic N) is 2. The Balaban J connectivity index is 1.33. The Bertz CT molecular complexity index is 1340. The van der Waals surface area contributed by atoms with E-state index in [1.165, 1.54) is 0 Å². The monoisotopic (exact) mass is 524 g/mol. The van der Waals surface area contributed by atoms with Gasteiger partial charge in [-0.3, -0.25) is 9.59 Å². The number of nitrogens with one attached hydrogen (secondary N) is 2. The van der Waals surface area contributed by atoms with Gasteiger partial charge in [0, 0.05) is 49.4 Å². The molecule has 2 bridgehead atoms. The number of aromatic nitrogens is 1. The molecule has 1 aromatic heterocycles. The van der Waals surface area contributed by atoms with Gasteiger partial charge in [-0.2, -0.15) is 0 Å². The van der Waals surface area contributed by atoms with Crippen LogP contribution in [-0.2, 0) is 17.8 Å². The molecule has 7 nitrogen and oxygen atoms in total. The summed E-state index contributed by atoms with van der Waals surface area (Å²) < 4.78 is 1.83. The van der Waals surface area contributed by atoms with E-state index >= 15 is 0 Å². The summed E-state index contributed by atoms with van der Waals surface area (Å²) in [6.45, 7) is 1.63. The SMILES string of the molecule is O=C(Nc1ccc(Cl)c(Cl)c1)[C@H](Cc1ccccc1)NC(=O)N1C[C@H]2C[C@@H](C1)c1cccc(=O)n1C2. The first-order valence-corrected chi connectivity index (χ1v) is 12.7. The Morgan fingerprint density at radius 3 is 2.53 bits per heavy atom. The summed E-state index contributed by atoms with van der Waals surface area (Å²) in [6.07, 6.45) is 1.27. The van der Waals surface area contributed by atoms with Crippen molar-refractivity contribution < 1.29 is 9.59 Å². The van der Waals surface area contributed by atoms with Crippen molar-refractivity contribution in [2.75, 3.05) is 18.4 Å². The molecule has 2 aliphatic rings. The van der Waals surface area contributed by atoms with Crippen LogP contribution in [0, 0.1) is 5.92 Å². The van der Waals surface area contributed by atoms with E-state index in [1.807, 2.05) is 41.0 Å². The molecule has 3 heterocycles. The lowest BCUT2D eigenvalue weighted by atomic mass is 9.83. The minimum Gasteiger partial charge on any atom is -0.326 e. The number of pyridine rings is 1. The number of anilines is 1. The smallest absolute Gasteiger partial charge is 0.318 e. The van der Waals surface area contributed by atoms with Crippen molar-refractivity contribution in [2.45, 2.75) is 31.3 Å². The molecule has 0 spiro atoms. The summed E-state index contributed by atoms with van der Waals surface area (Å²) in [7, 11) is 0. The van der Waals surface area contributed by atoms with Crippen LogP contribution in [0.1, 0.15) is 23.6 Å². The van der Waals surface area contributed by atoms with Crippen molar-refractivity contribution >= 4 is 40.8 Å². The van der Waals surface area contributed by atoms with Gasteiger partial charge in [0.1, 0.15) is 6.04 Å². The highest BCUT2D eigenvalue weighted by molar-refractivity contribution is 6.42. The number of benzene rings is 2. The molecular weight excluding hydrogens is 499 g/mol. The summed E-state index contributed by atoms with van der Waals surface area (Å²) in [6, 6.07) is 18.6. The standard InChI is InChI=1S/C27H26Cl2N4O3/c28-21-10-9-20(13-22(21)29)30-26(35)23(12-17-5-2-1-3-6-17)31-27(36)32-14-18-11-19(16-32)24-7-4-8-25(34)33(24)15-18/h1-10,13,18-19,23H,11-12,14-16H2,(H,30,35)(H,31,36)/t18-,19+,23+/m1/s1. The highest BCUT2D eigenvalue weighted by Gasteiger charge is 2.37. The maximum absolute atomic E-state index is 13.4. The topological polar surface area (TPSA) is 83.4 Å². The fraction of sp³-hybridized carbons (Fsp3) is 0.296. The highest BCUT2D eigenvalue weighted by Crippen LogP contribution is 2.35. The second kappa shape index (κ2) is 10.4. The van der Waals surface area contributed by atoms with E-state index in [-0.39, 0.29) is 29.3 Å². The zero-order valence-corrected chi connectivity index (χ0v) is 21.0. The van der Waals surface area contributed by atoms with Crippen molar-refractivity contribution in [2.24, 2.45) is 5.92 Å². The molecule has 2 aromatic carbocycles. The first-order valence-electron chi connectivity index (χ1n) is 11.9. The summed E-state index contributed by atoms with van der Waals surface area (Å²) in [5.41, 5.74) is 2.39. The maximum atomic E-state index is 13.4. The fourth-order valence-electron chi connectivity index (χ4n) is 5.16. The Hall–Kier alpha value is -3.29. The number of carbonyl (C=O) groups is 2. The van der Waals surface area contributed by atoms with Crippen LogP contribution in [0.15, 0.2) is 71.5 Å². The van der Waals surface area contributed by atoms with Gasteiger partial charge in [-0.05, 0) is 42.2 Å². The van der Waals surface area contributed by atoms with Crippen LogP contribution < -0.4 is 16.2 Å². The number of hydrogen-bond donors (Lipinski definition) is 2. The molecule has 9 heteroatoms. The van der Waals surface area contributed by atoms with Crippen LogP contribution in [-0.4, -0.2) is 40.5 Å². The number of amides is 3. The molecule has 0 radical (unpaired) electrons. The van der Waals surface area contributed by atoms with Gasteiger partial charge in [0.15, 0.2) is 0 Å². The lowest BCUT2D eigenvalue weighted by Crippen LogP contribution is -2.55. The van der Waals surface area contributed by atoms with Crippen molar-refractivity contribution in [1.82, 2.24) is 14.8 Å². The number of halogens is 2. The summed E-state index contributed by atoms with van der Waals surface area (Å²) in [5.74, 6) is -0.0610. The average Bonchev–Trinajstić information content (AvgIpc) is 2.87. The van der Waals surface area contributed by atoms with Gasteiger partial charge in [0.2, 0.25) is 5.91 Å². The van der Waals surface area contributed by atoms with E-state index in [9.17, 15) is 14.4 Å². The first kappa shape index (κ1) is 24.4. The third-order valence-corrected chi connectivity index (χ3v) is 7.59. The predicted octanol–water partition coefficient (Wildman–Crippen LogP) is 4.53. The Labute approximate surface area is 219 Å². The van der Waals surface area contributed by atoms with Crippen molar-refractivity contribution in [3.05, 3.63) is 98.4 Å². The Morgan fingerprint density at radius 1 is 0.944 bits per heavy atom. The van der Waals surface area contributed by atoms with Crippen molar-refractivity contribution in [3.8, 4) is 0 Å². The second-order valence-corrected chi connectivity index (χ2v) is 10.2. The van der Waals surface area contributed by atoms with Crippen molar-refractivity contribution in [1.29, 1.82) is 0 Å². The number of likely N-dealkylation sites (tertiary alicyclic amines) is 1. The van der Waals surface area contributed by atoms with Gasteiger partial charge in [-0.15, -0.1) is 0 Å². The molecule has 0 aliphatic carbocycles. The zero-order chi connectivity index (χ0) is 25.2. The Kier molecular flexibility index (Phi) is 7.03. The molecule has 5 rings (SSSR count). The van der Waals surface area contributed by atoms with Gasteiger partial charge in [0.25, 0.3) is 5.56 Å². The van der Waals surface area contributed by atoms with Gasteiger partial charge < -0.3 is 20.1 Å². The van der Waals surface area contributed by atoms with E-state index < -0.39 is 6.04 Å². The quantitative estimate of drug-likeness (QED) is 0.514. The van der Waals surface area contributed by atoms with Crippen LogP contribution in [0.3, 0.4) is 0 Å². The summed E-state index contributed by atoms with van der Waals surface area (Å²) >= 11 is 12.1. The molecule has 36 heavy (non-hydrogen) atoms. The maximum Gasteiger partial charge on any atom is 0.318 e. The lowest BCUT2D eigenvalue weighted by Gasteiger charge is -2.43. The molecule has 3 amide bonds. The van der Waals surface area contributed by atoms with Crippen LogP contribution in [0.4, 0.5) is 10.5 Å². The molecule has 3 aromatic rings. The largest absolute Gasteiger partial charge is 0.326 e. The van der Waals surface area contributed by atoms with Crippen LogP contribution in [0.2, 0.25) is 10.0 Å². The molecule has 1 fully saturated rings. The normalized spacial score (nSPS) is 19.2. The number of hydrogen-bond acceptors (Lipinski definition) is 3. The van der Waals surface area contributed by atoms with Crippen LogP contribution in [0.5, 0.6) is 0 Å². The minimum absolute atomic E-state index is 0.00185. The first-order chi connectivity index (χ1) is 17.4. The van der Waals surface area contributed by atoms with Gasteiger partial charge in [-0.25, -0.2) is 4.79 Å². The molecule has 1 saturated heterocycles. The van der Waals surface area contributed by atoms with E-state index in [2.05, 4.69) is 10.6 Å². The molecule has 0 unspecified atom stereocenters. The summed E-state index contributed by atoms with van der Waals surface area (Å²) in [4.78, 5) is 40.7. The van der Waals surface area contributed by atoms with Gasteiger partial charge in [-0.1, -0.05) is 59.6 Å². The number of fused-ring (bicyclic) bond motifs is 4. The highest BCUT2D eigenvalue weighted by atomic mass is 35.5. The second-order valence-electron chi connectivity index (χ2n) is 9.41. The van der Waals surface area contributed by atoms with Crippen LogP contribution >= 0.6 is 23.2 Å². The lowest BCUT2D eigenvalue weighted by molar-refractivity contribution is -0.118. The Morgan fingerprint density at radius 2 is 1.75 bits per heavy atom. The third-order valence-electron chi connectivity index (χ3n) is 6.85. The van der Waals surface area contributed by atoms with Crippen LogP contribution in [0.25, 0.3) is 0 Å². The number of piperidine rings is 1. The van der Waals surface area contributed by atoms with Gasteiger partial charge in [0.05, 0.1) is 10.0 Å². The average molecular weight is 525 g/mol. The molecule has 3 atom stereocenters. The number of carbonyl (C=O) groups excluding carboxylic acids is 2. The minimum atomic E-state index is -0.800. The third kappa shape index (κ3) is 5.27. The number of urea groups is 1. The van der Waals surface area contributed by atoms with E-state index in [4.69, 9.17) is 23.2 Å². The van der Waals surface area contributed by atoms with E-state index in [1.54, 1.807) is 35.2 Å².